The topological polar surface area (TPSA) is 90.7 Å². The van der Waals surface area contributed by atoms with Gasteiger partial charge in [-0.25, -0.2) is 0 Å². The Balaban J connectivity index is 1.55. The third-order valence-electron chi connectivity index (χ3n) is 4.40. The number of nitrogens with one attached hydrogen (secondary N) is 1. The minimum absolute atomic E-state index is 0.188. The highest BCUT2D eigenvalue weighted by molar-refractivity contribution is 7.17. The predicted molar refractivity (Wildman–Crippen MR) is 106 cm³/mol. The molecule has 0 fully saturated rings. The molecule has 1 aliphatic carbocycles. The standard InChI is InChI=1S/C20H24N2O4S/c1-2-25-13-7-9-14(10-8-13)26-12-11-17(23)22-20-18(19(21)24)15-5-3-4-6-16(15)27-20/h7-10H,2-6,11-12H2,1H3,(H2,21,24)(H,22,23). The van der Waals surface area contributed by atoms with Gasteiger partial charge in [-0.1, -0.05) is 0 Å². The molecule has 0 atom stereocenters. The SMILES string of the molecule is CCOc1ccc(OCCC(=O)Nc2sc3c(c2C(N)=O)CCCC3)cc1. The van der Waals surface area contributed by atoms with Crippen molar-refractivity contribution in [2.45, 2.75) is 39.0 Å². The third kappa shape index (κ3) is 4.80. The number of aryl methyl sites for hydroxylation is 1. The summed E-state index contributed by atoms with van der Waals surface area (Å²) in [6.07, 6.45) is 4.13. The van der Waals surface area contributed by atoms with Crippen molar-refractivity contribution in [1.82, 2.24) is 0 Å². The first-order chi connectivity index (χ1) is 13.1. The van der Waals surface area contributed by atoms with Crippen LogP contribution in [0.5, 0.6) is 11.5 Å². The maximum atomic E-state index is 12.3. The molecule has 0 saturated heterocycles. The second-order valence-electron chi connectivity index (χ2n) is 6.33. The number of primary amides is 1. The van der Waals surface area contributed by atoms with E-state index >= 15 is 0 Å². The molecule has 3 N–H and O–H groups in total. The lowest BCUT2D eigenvalue weighted by Crippen LogP contribution is -2.19. The average Bonchev–Trinajstić information content (AvgIpc) is 3.01. The van der Waals surface area contributed by atoms with Crippen molar-refractivity contribution < 1.29 is 19.1 Å². The van der Waals surface area contributed by atoms with E-state index in [9.17, 15) is 9.59 Å². The molecule has 0 radical (unpaired) electrons. The van der Waals surface area contributed by atoms with Crippen LogP contribution in [0.15, 0.2) is 24.3 Å². The van der Waals surface area contributed by atoms with Crippen LogP contribution in [-0.2, 0) is 17.6 Å². The van der Waals surface area contributed by atoms with Gasteiger partial charge in [-0.05, 0) is 62.4 Å². The maximum absolute atomic E-state index is 12.3. The fourth-order valence-corrected chi connectivity index (χ4v) is 4.47. The molecule has 2 amide bonds. The summed E-state index contributed by atoms with van der Waals surface area (Å²) < 4.78 is 11.0. The summed E-state index contributed by atoms with van der Waals surface area (Å²) >= 11 is 1.47. The number of ether oxygens (including phenoxy) is 2. The average molecular weight is 388 g/mol. The fraction of sp³-hybridized carbons (Fsp3) is 0.400. The van der Waals surface area contributed by atoms with E-state index in [1.807, 2.05) is 19.1 Å². The molecule has 7 heteroatoms. The largest absolute Gasteiger partial charge is 0.494 e. The summed E-state index contributed by atoms with van der Waals surface area (Å²) in [6.45, 7) is 2.79. The van der Waals surface area contributed by atoms with Gasteiger partial charge in [0, 0.05) is 4.88 Å². The van der Waals surface area contributed by atoms with Crippen LogP contribution in [0, 0.1) is 0 Å². The monoisotopic (exact) mass is 388 g/mol. The Morgan fingerprint density at radius 2 is 1.78 bits per heavy atom. The molecule has 144 valence electrons. The van der Waals surface area contributed by atoms with E-state index in [4.69, 9.17) is 15.2 Å². The quantitative estimate of drug-likeness (QED) is 0.724. The van der Waals surface area contributed by atoms with Crippen LogP contribution in [-0.4, -0.2) is 25.0 Å². The number of thiophene rings is 1. The molecule has 6 nitrogen and oxygen atoms in total. The van der Waals surface area contributed by atoms with E-state index in [0.717, 1.165) is 41.9 Å². The fourth-order valence-electron chi connectivity index (χ4n) is 3.16. The van der Waals surface area contributed by atoms with E-state index in [0.29, 0.717) is 22.9 Å². The van der Waals surface area contributed by atoms with Gasteiger partial charge in [-0.15, -0.1) is 11.3 Å². The summed E-state index contributed by atoms with van der Waals surface area (Å²) in [5.41, 5.74) is 7.05. The Kier molecular flexibility index (Phi) is 6.34. The van der Waals surface area contributed by atoms with E-state index < -0.39 is 5.91 Å². The summed E-state index contributed by atoms with van der Waals surface area (Å²) in [6, 6.07) is 7.27. The summed E-state index contributed by atoms with van der Waals surface area (Å²) in [5, 5.41) is 3.41. The molecule has 1 aliphatic rings. The van der Waals surface area contributed by atoms with Crippen LogP contribution >= 0.6 is 11.3 Å². The van der Waals surface area contributed by atoms with Gasteiger partial charge in [0.05, 0.1) is 25.2 Å². The molecular weight excluding hydrogens is 364 g/mol. The van der Waals surface area contributed by atoms with Crippen LogP contribution in [0.4, 0.5) is 5.00 Å². The zero-order valence-electron chi connectivity index (χ0n) is 15.4. The Labute approximate surface area is 162 Å². The van der Waals surface area contributed by atoms with Crippen LogP contribution in [0.1, 0.15) is 47.0 Å². The molecule has 0 spiro atoms. The van der Waals surface area contributed by atoms with Crippen molar-refractivity contribution in [3.8, 4) is 11.5 Å². The summed E-state index contributed by atoms with van der Waals surface area (Å²) in [7, 11) is 0. The van der Waals surface area contributed by atoms with Crippen LogP contribution in [0.2, 0.25) is 0 Å². The number of amides is 2. The number of carbonyl (C=O) groups is 2. The van der Waals surface area contributed by atoms with Crippen LogP contribution in [0.3, 0.4) is 0 Å². The van der Waals surface area contributed by atoms with Crippen LogP contribution in [0.25, 0.3) is 0 Å². The molecule has 1 heterocycles. The van der Waals surface area contributed by atoms with Crippen LogP contribution < -0.4 is 20.5 Å². The molecule has 0 saturated carbocycles. The highest BCUT2D eigenvalue weighted by Crippen LogP contribution is 2.37. The predicted octanol–water partition coefficient (Wildman–Crippen LogP) is 3.53. The number of benzene rings is 1. The van der Waals surface area contributed by atoms with E-state index in [2.05, 4.69) is 5.32 Å². The first-order valence-electron chi connectivity index (χ1n) is 9.18. The Morgan fingerprint density at radius 3 is 2.44 bits per heavy atom. The molecule has 1 aromatic carbocycles. The van der Waals surface area contributed by atoms with Gasteiger partial charge in [0.25, 0.3) is 5.91 Å². The van der Waals surface area contributed by atoms with Gasteiger partial charge < -0.3 is 20.5 Å². The van der Waals surface area contributed by atoms with Gasteiger partial charge in [0.15, 0.2) is 0 Å². The molecule has 0 aliphatic heterocycles. The van der Waals surface area contributed by atoms with Crippen molar-refractivity contribution in [1.29, 1.82) is 0 Å². The highest BCUT2D eigenvalue weighted by Gasteiger charge is 2.24. The van der Waals surface area contributed by atoms with Gasteiger partial charge in [0.1, 0.15) is 16.5 Å². The Morgan fingerprint density at radius 1 is 1.11 bits per heavy atom. The Hall–Kier alpha value is -2.54. The summed E-state index contributed by atoms with van der Waals surface area (Å²) in [5.74, 6) is 0.788. The number of hydrogen-bond donors (Lipinski definition) is 2. The van der Waals surface area contributed by atoms with Gasteiger partial charge in [-0.3, -0.25) is 9.59 Å². The van der Waals surface area contributed by atoms with Crippen molar-refractivity contribution in [3.63, 3.8) is 0 Å². The zero-order valence-corrected chi connectivity index (χ0v) is 16.2. The number of rotatable bonds is 8. The molecule has 27 heavy (non-hydrogen) atoms. The molecule has 0 bridgehead atoms. The van der Waals surface area contributed by atoms with Crippen molar-refractivity contribution in [2.75, 3.05) is 18.5 Å². The smallest absolute Gasteiger partial charge is 0.251 e. The number of hydrogen-bond acceptors (Lipinski definition) is 5. The van der Waals surface area contributed by atoms with Crippen molar-refractivity contribution in [3.05, 3.63) is 40.3 Å². The number of fused-ring (bicyclic) bond motifs is 1. The van der Waals surface area contributed by atoms with Crippen molar-refractivity contribution in [2.24, 2.45) is 5.73 Å². The lowest BCUT2D eigenvalue weighted by molar-refractivity contribution is -0.116. The first-order valence-corrected chi connectivity index (χ1v) is 10.00. The lowest BCUT2D eigenvalue weighted by Gasteiger charge is -2.11. The van der Waals surface area contributed by atoms with E-state index in [1.54, 1.807) is 12.1 Å². The normalized spacial score (nSPS) is 12.9. The molecule has 0 unspecified atom stereocenters. The highest BCUT2D eigenvalue weighted by atomic mass is 32.1. The zero-order chi connectivity index (χ0) is 19.2. The minimum Gasteiger partial charge on any atom is -0.494 e. The van der Waals surface area contributed by atoms with Gasteiger partial charge in [-0.2, -0.15) is 0 Å². The maximum Gasteiger partial charge on any atom is 0.251 e. The molecule has 1 aromatic heterocycles. The number of anilines is 1. The molecule has 3 rings (SSSR count). The van der Waals surface area contributed by atoms with E-state index in [-0.39, 0.29) is 18.9 Å². The second-order valence-corrected chi connectivity index (χ2v) is 7.44. The number of nitrogens with two attached hydrogens (primary N) is 1. The minimum atomic E-state index is -0.477. The molecular formula is C20H24N2O4S. The number of carbonyl (C=O) groups excluding carboxylic acids is 2. The van der Waals surface area contributed by atoms with Gasteiger partial charge >= 0.3 is 0 Å². The lowest BCUT2D eigenvalue weighted by atomic mass is 9.95. The van der Waals surface area contributed by atoms with Crippen molar-refractivity contribution >= 4 is 28.2 Å². The summed E-state index contributed by atoms with van der Waals surface area (Å²) in [4.78, 5) is 25.3. The van der Waals surface area contributed by atoms with E-state index in [1.165, 1.54) is 11.3 Å². The first kappa shape index (κ1) is 19.2. The molecule has 2 aromatic rings. The Bertz CT molecular complexity index is 814. The second kappa shape index (κ2) is 8.90. The third-order valence-corrected chi connectivity index (χ3v) is 5.61. The van der Waals surface area contributed by atoms with Gasteiger partial charge in [0.2, 0.25) is 5.91 Å².